The van der Waals surface area contributed by atoms with E-state index in [1.807, 2.05) is 20.8 Å². The van der Waals surface area contributed by atoms with Gasteiger partial charge in [0, 0.05) is 43.3 Å². The first-order valence-electron chi connectivity index (χ1n) is 12.6. The molecule has 0 spiro atoms. The van der Waals surface area contributed by atoms with E-state index in [-0.39, 0.29) is 29.9 Å². The van der Waals surface area contributed by atoms with Gasteiger partial charge in [-0.25, -0.2) is 4.79 Å². The van der Waals surface area contributed by atoms with Crippen molar-refractivity contribution in [2.75, 3.05) is 26.2 Å². The van der Waals surface area contributed by atoms with E-state index in [0.29, 0.717) is 43.5 Å². The largest absolute Gasteiger partial charge is 0.444 e. The molecule has 0 bridgehead atoms. The Balaban J connectivity index is 1.31. The highest BCUT2D eigenvalue weighted by molar-refractivity contribution is 5.94. The van der Waals surface area contributed by atoms with Crippen LogP contribution in [0.3, 0.4) is 0 Å². The van der Waals surface area contributed by atoms with Crippen LogP contribution in [0.15, 0.2) is 28.8 Å². The van der Waals surface area contributed by atoms with Gasteiger partial charge in [-0.05, 0) is 77.6 Å². The molecule has 1 aromatic carbocycles. The molecule has 2 fully saturated rings. The summed E-state index contributed by atoms with van der Waals surface area (Å²) >= 11 is 0. The highest BCUT2D eigenvalue weighted by atomic mass is 16.6. The van der Waals surface area contributed by atoms with Gasteiger partial charge < -0.3 is 24.4 Å². The minimum absolute atomic E-state index is 0.0678. The summed E-state index contributed by atoms with van der Waals surface area (Å²) in [4.78, 5) is 46.2. The van der Waals surface area contributed by atoms with Crippen molar-refractivity contribution in [3.8, 4) is 11.5 Å². The summed E-state index contributed by atoms with van der Waals surface area (Å²) in [7, 11) is 0. The van der Waals surface area contributed by atoms with E-state index in [1.165, 1.54) is 0 Å². The number of aryl methyl sites for hydroxylation is 1. The van der Waals surface area contributed by atoms with Gasteiger partial charge in [-0.3, -0.25) is 9.59 Å². The number of nitrogens with one attached hydrogen (secondary N) is 1. The van der Waals surface area contributed by atoms with Gasteiger partial charge in [0.15, 0.2) is 5.82 Å². The molecule has 2 saturated heterocycles. The number of nitrogens with zero attached hydrogens (tertiary/aromatic N) is 4. The van der Waals surface area contributed by atoms with Crippen molar-refractivity contribution in [2.45, 2.75) is 65.0 Å². The lowest BCUT2D eigenvalue weighted by molar-refractivity contribution is -0.127. The molecular weight excluding hydrogens is 462 g/mol. The number of piperidine rings is 2. The van der Waals surface area contributed by atoms with E-state index in [4.69, 9.17) is 9.26 Å². The van der Waals surface area contributed by atoms with Crippen LogP contribution in [-0.2, 0) is 9.53 Å². The fourth-order valence-corrected chi connectivity index (χ4v) is 4.63. The summed E-state index contributed by atoms with van der Waals surface area (Å²) < 4.78 is 10.7. The molecule has 0 aliphatic carbocycles. The summed E-state index contributed by atoms with van der Waals surface area (Å²) in [5.41, 5.74) is 0.752. The Labute approximate surface area is 211 Å². The molecule has 0 unspecified atom stereocenters. The zero-order valence-corrected chi connectivity index (χ0v) is 21.5. The zero-order valence-electron chi connectivity index (χ0n) is 21.5. The van der Waals surface area contributed by atoms with Crippen LogP contribution in [0.2, 0.25) is 0 Å². The monoisotopic (exact) mass is 497 g/mol. The lowest BCUT2D eigenvalue weighted by Crippen LogP contribution is -2.53. The van der Waals surface area contributed by atoms with Gasteiger partial charge in [-0.2, -0.15) is 4.98 Å². The van der Waals surface area contributed by atoms with Gasteiger partial charge in [0.05, 0.1) is 5.92 Å². The van der Waals surface area contributed by atoms with Crippen LogP contribution in [0.5, 0.6) is 0 Å². The summed E-state index contributed by atoms with van der Waals surface area (Å²) in [6.45, 7) is 9.29. The Bertz CT molecular complexity index is 1090. The van der Waals surface area contributed by atoms with Crippen LogP contribution in [0.4, 0.5) is 4.79 Å². The number of hydrogen-bond acceptors (Lipinski definition) is 7. The SMILES string of the molecule is Cc1noc(-c2ccc(C(=O)N3CCC[C@H](NC(=O)[C@H]4CCCN(C(=O)OC(C)(C)C)C4)C3)cc2)n1. The van der Waals surface area contributed by atoms with E-state index >= 15 is 0 Å². The number of amides is 3. The van der Waals surface area contributed by atoms with Crippen LogP contribution in [0.25, 0.3) is 11.5 Å². The van der Waals surface area contributed by atoms with Crippen LogP contribution in [0.1, 0.15) is 62.6 Å². The average Bonchev–Trinajstić information content (AvgIpc) is 3.29. The molecule has 0 radical (unpaired) electrons. The van der Waals surface area contributed by atoms with Gasteiger partial charge in [0.25, 0.3) is 11.8 Å². The number of ether oxygens (including phenoxy) is 1. The second-order valence-electron chi connectivity index (χ2n) is 10.6. The fourth-order valence-electron chi connectivity index (χ4n) is 4.63. The first-order chi connectivity index (χ1) is 17.1. The van der Waals surface area contributed by atoms with Gasteiger partial charge >= 0.3 is 6.09 Å². The summed E-state index contributed by atoms with van der Waals surface area (Å²) in [5.74, 6) is 0.550. The molecule has 1 aromatic heterocycles. The molecule has 2 atom stereocenters. The van der Waals surface area contributed by atoms with Crippen LogP contribution in [-0.4, -0.2) is 75.7 Å². The van der Waals surface area contributed by atoms with Gasteiger partial charge in [-0.1, -0.05) is 5.16 Å². The number of carbonyl (C=O) groups is 3. The van der Waals surface area contributed by atoms with Crippen molar-refractivity contribution in [3.05, 3.63) is 35.7 Å². The molecule has 10 nitrogen and oxygen atoms in total. The number of hydrogen-bond donors (Lipinski definition) is 1. The van der Waals surface area contributed by atoms with Crippen LogP contribution in [0, 0.1) is 12.8 Å². The maximum atomic E-state index is 13.1. The molecule has 0 saturated carbocycles. The van der Waals surface area contributed by atoms with Crippen LogP contribution >= 0.6 is 0 Å². The average molecular weight is 498 g/mol. The third-order valence-corrected chi connectivity index (χ3v) is 6.41. The lowest BCUT2D eigenvalue weighted by Gasteiger charge is -2.36. The molecule has 3 heterocycles. The van der Waals surface area contributed by atoms with Crippen molar-refractivity contribution in [1.29, 1.82) is 0 Å². The number of carbonyl (C=O) groups excluding carboxylic acids is 3. The number of benzene rings is 1. The molecule has 2 aromatic rings. The molecular formula is C26H35N5O5. The van der Waals surface area contributed by atoms with Crippen molar-refractivity contribution < 1.29 is 23.6 Å². The van der Waals surface area contributed by atoms with Crippen molar-refractivity contribution in [3.63, 3.8) is 0 Å². The van der Waals surface area contributed by atoms with E-state index < -0.39 is 5.60 Å². The summed E-state index contributed by atoms with van der Waals surface area (Å²) in [6.07, 6.45) is 2.73. The summed E-state index contributed by atoms with van der Waals surface area (Å²) in [5, 5.41) is 6.92. The fraction of sp³-hybridized carbons (Fsp3) is 0.577. The van der Waals surface area contributed by atoms with Gasteiger partial charge in [0.2, 0.25) is 5.91 Å². The third kappa shape index (κ3) is 6.41. The molecule has 2 aliphatic rings. The molecule has 36 heavy (non-hydrogen) atoms. The first kappa shape index (κ1) is 25.7. The van der Waals surface area contributed by atoms with E-state index in [1.54, 1.807) is 41.0 Å². The molecule has 1 N–H and O–H groups in total. The Morgan fingerprint density at radius 1 is 1.03 bits per heavy atom. The molecule has 3 amide bonds. The van der Waals surface area contributed by atoms with Crippen LogP contribution < -0.4 is 5.32 Å². The van der Waals surface area contributed by atoms with Crippen molar-refractivity contribution >= 4 is 17.9 Å². The minimum atomic E-state index is -0.573. The highest BCUT2D eigenvalue weighted by Gasteiger charge is 2.33. The predicted octanol–water partition coefficient (Wildman–Crippen LogP) is 3.41. The molecule has 194 valence electrons. The van der Waals surface area contributed by atoms with Crippen molar-refractivity contribution in [2.24, 2.45) is 5.92 Å². The number of likely N-dealkylation sites (tertiary alicyclic amines) is 2. The number of aromatic nitrogens is 2. The van der Waals surface area contributed by atoms with E-state index in [9.17, 15) is 14.4 Å². The smallest absolute Gasteiger partial charge is 0.410 e. The van der Waals surface area contributed by atoms with Gasteiger partial charge in [-0.15, -0.1) is 0 Å². The lowest BCUT2D eigenvalue weighted by atomic mass is 9.96. The van der Waals surface area contributed by atoms with E-state index in [0.717, 1.165) is 31.2 Å². The third-order valence-electron chi connectivity index (χ3n) is 6.41. The molecule has 2 aliphatic heterocycles. The van der Waals surface area contributed by atoms with Gasteiger partial charge in [0.1, 0.15) is 5.60 Å². The van der Waals surface area contributed by atoms with E-state index in [2.05, 4.69) is 15.5 Å². The standard InChI is InChI=1S/C26H35N5O5/c1-17-27-23(36-29-17)18-9-11-19(12-10-18)24(33)30-13-6-8-21(16-30)28-22(32)20-7-5-14-31(15-20)25(34)35-26(2,3)4/h9-12,20-21H,5-8,13-16H2,1-4H3,(H,28,32)/t20-,21-/m0/s1. The van der Waals surface area contributed by atoms with Crippen molar-refractivity contribution in [1.82, 2.24) is 25.3 Å². The Morgan fingerprint density at radius 3 is 2.39 bits per heavy atom. The predicted molar refractivity (Wildman–Crippen MR) is 132 cm³/mol. The zero-order chi connectivity index (χ0) is 25.9. The maximum Gasteiger partial charge on any atom is 0.410 e. The Hall–Kier alpha value is -3.43. The number of rotatable bonds is 4. The minimum Gasteiger partial charge on any atom is -0.444 e. The Morgan fingerprint density at radius 2 is 1.72 bits per heavy atom. The quantitative estimate of drug-likeness (QED) is 0.688. The summed E-state index contributed by atoms with van der Waals surface area (Å²) in [6, 6.07) is 6.98. The second-order valence-corrected chi connectivity index (χ2v) is 10.6. The maximum absolute atomic E-state index is 13.1. The highest BCUT2D eigenvalue weighted by Crippen LogP contribution is 2.22. The molecule has 10 heteroatoms. The second kappa shape index (κ2) is 10.7. The topological polar surface area (TPSA) is 118 Å². The molecule has 4 rings (SSSR count). The first-order valence-corrected chi connectivity index (χ1v) is 12.6. The Kier molecular flexibility index (Phi) is 7.61. The normalized spacial score (nSPS) is 20.7.